The maximum Gasteiger partial charge on any atom is 0.419 e. The van der Waals surface area contributed by atoms with Crippen molar-refractivity contribution < 1.29 is 27.1 Å². The number of alkyl halides is 3. The van der Waals surface area contributed by atoms with E-state index in [4.69, 9.17) is 4.74 Å². The van der Waals surface area contributed by atoms with E-state index in [1.165, 1.54) is 13.0 Å². The summed E-state index contributed by atoms with van der Waals surface area (Å²) in [6.07, 6.45) is -1.42. The van der Waals surface area contributed by atoms with Gasteiger partial charge in [0.05, 0.1) is 42.5 Å². The molecule has 0 aliphatic carbocycles. The average molecular weight is 474 g/mol. The van der Waals surface area contributed by atoms with Crippen LogP contribution in [0.3, 0.4) is 0 Å². The number of carbonyl (C=O) groups is 1. The topological polar surface area (TPSA) is 53.9 Å². The highest BCUT2D eigenvalue weighted by molar-refractivity contribution is 9.11. The zero-order chi connectivity index (χ0) is 20.9. The van der Waals surface area contributed by atoms with Crippen molar-refractivity contribution in [1.29, 1.82) is 0 Å². The Morgan fingerprint density at radius 3 is 2.86 bits per heavy atom. The third-order valence-electron chi connectivity index (χ3n) is 5.09. The van der Waals surface area contributed by atoms with Gasteiger partial charge in [-0.3, -0.25) is 9.79 Å². The molecule has 0 unspecified atom stereocenters. The zero-order valence-corrected chi connectivity index (χ0v) is 16.7. The number of hydrogen-bond donors (Lipinski definition) is 1. The van der Waals surface area contributed by atoms with Crippen LogP contribution in [0.5, 0.6) is 0 Å². The van der Waals surface area contributed by atoms with E-state index in [0.29, 0.717) is 29.6 Å². The largest absolute Gasteiger partial charge is 0.419 e. The van der Waals surface area contributed by atoms with E-state index in [1.807, 2.05) is 11.1 Å². The molecular weight excluding hydrogens is 458 g/mol. The van der Waals surface area contributed by atoms with Gasteiger partial charge in [0.2, 0.25) is 0 Å². The fourth-order valence-corrected chi connectivity index (χ4v) is 4.11. The first-order valence-electron chi connectivity index (χ1n) is 8.86. The number of ether oxygens (including phenoxy) is 1. The summed E-state index contributed by atoms with van der Waals surface area (Å²) in [5, 5.41) is 2.58. The van der Waals surface area contributed by atoms with Gasteiger partial charge in [-0.25, -0.2) is 4.39 Å². The predicted octanol–water partition coefficient (Wildman–Crippen LogP) is 3.68. The molecule has 0 bridgehead atoms. The molecule has 0 radical (unpaired) electrons. The highest BCUT2D eigenvalue weighted by atomic mass is 79.9. The van der Waals surface area contributed by atoms with Gasteiger partial charge in [0.1, 0.15) is 11.7 Å². The molecule has 10 heteroatoms. The fraction of sp³-hybridized carbons (Fsp3) is 0.368. The maximum absolute atomic E-state index is 14.4. The second-order valence-corrected chi connectivity index (χ2v) is 7.92. The number of amides is 1. The molecule has 1 fully saturated rings. The second kappa shape index (κ2) is 7.24. The lowest BCUT2D eigenvalue weighted by Crippen LogP contribution is -2.41. The minimum Gasteiger partial charge on any atom is -0.377 e. The predicted molar refractivity (Wildman–Crippen MR) is 101 cm³/mol. The molecule has 0 spiro atoms. The zero-order valence-electron chi connectivity index (χ0n) is 15.1. The van der Waals surface area contributed by atoms with Gasteiger partial charge in [-0.2, -0.15) is 13.2 Å². The van der Waals surface area contributed by atoms with Crippen molar-refractivity contribution in [3.63, 3.8) is 0 Å². The average Bonchev–Trinajstić information content (AvgIpc) is 3.22. The number of fused-ring (bicyclic) bond motifs is 3. The Balaban J connectivity index is 1.58. The van der Waals surface area contributed by atoms with Crippen molar-refractivity contribution in [3.8, 4) is 0 Å². The Kier molecular flexibility index (Phi) is 5.02. The van der Waals surface area contributed by atoms with Crippen molar-refractivity contribution in [1.82, 2.24) is 10.2 Å². The number of halogens is 5. The fourth-order valence-electron chi connectivity index (χ4n) is 3.66. The standard InChI is InChI=1S/C19H16BrF4N3O2/c1-9(11-3-2-4-13(16(11)21)19(22,23)24)25-18(28)12-5-10(20)6-27-15-8-29-7-14(15)26-17(12)27/h2-6,9,14-15H,7-8H2,1H3,(H,25,28)/t9-,14-,15+/m1/s1. The summed E-state index contributed by atoms with van der Waals surface area (Å²) in [5.41, 5.74) is -1.35. The highest BCUT2D eigenvalue weighted by Crippen LogP contribution is 2.35. The van der Waals surface area contributed by atoms with E-state index in [0.717, 1.165) is 6.07 Å². The van der Waals surface area contributed by atoms with Gasteiger partial charge in [0, 0.05) is 16.2 Å². The van der Waals surface area contributed by atoms with Crippen LogP contribution in [-0.4, -0.2) is 41.9 Å². The summed E-state index contributed by atoms with van der Waals surface area (Å²) in [7, 11) is 0. The summed E-state index contributed by atoms with van der Waals surface area (Å²) in [4.78, 5) is 19.3. The van der Waals surface area contributed by atoms with Gasteiger partial charge < -0.3 is 15.0 Å². The number of amidine groups is 1. The molecule has 3 atom stereocenters. The molecule has 1 amide bonds. The lowest BCUT2D eigenvalue weighted by Gasteiger charge is -2.27. The molecular formula is C19H16BrF4N3O2. The third-order valence-corrected chi connectivity index (χ3v) is 5.52. The molecule has 154 valence electrons. The molecule has 3 aliphatic heterocycles. The summed E-state index contributed by atoms with van der Waals surface area (Å²) >= 11 is 3.37. The van der Waals surface area contributed by atoms with Crippen LogP contribution in [0, 0.1) is 5.82 Å². The first-order valence-corrected chi connectivity index (χ1v) is 9.66. The Bertz CT molecular complexity index is 957. The Morgan fingerprint density at radius 1 is 1.38 bits per heavy atom. The second-order valence-electron chi connectivity index (χ2n) is 7.01. The summed E-state index contributed by atoms with van der Waals surface area (Å²) in [6.45, 7) is 2.37. The van der Waals surface area contributed by atoms with Crippen LogP contribution in [0.15, 0.2) is 45.5 Å². The van der Waals surface area contributed by atoms with Crippen molar-refractivity contribution in [2.75, 3.05) is 13.2 Å². The van der Waals surface area contributed by atoms with E-state index in [9.17, 15) is 22.4 Å². The normalized spacial score (nSPS) is 24.3. The van der Waals surface area contributed by atoms with E-state index < -0.39 is 29.5 Å². The number of allylic oxidation sites excluding steroid dienone is 2. The number of rotatable bonds is 3. The van der Waals surface area contributed by atoms with Gasteiger partial charge in [-0.15, -0.1) is 0 Å². The van der Waals surface area contributed by atoms with Crippen LogP contribution in [0.4, 0.5) is 17.6 Å². The molecule has 1 aromatic carbocycles. The lowest BCUT2D eigenvalue weighted by atomic mass is 10.0. The van der Waals surface area contributed by atoms with Gasteiger partial charge in [-0.05, 0) is 35.0 Å². The minimum absolute atomic E-state index is 0.00705. The van der Waals surface area contributed by atoms with Crippen molar-refractivity contribution in [3.05, 3.63) is 57.5 Å². The van der Waals surface area contributed by atoms with Crippen LogP contribution < -0.4 is 5.32 Å². The Hall–Kier alpha value is -2.20. The molecule has 29 heavy (non-hydrogen) atoms. The minimum atomic E-state index is -4.82. The molecule has 5 nitrogen and oxygen atoms in total. The Morgan fingerprint density at radius 2 is 2.14 bits per heavy atom. The maximum atomic E-state index is 14.4. The number of nitrogens with zero attached hydrogens (tertiary/aromatic N) is 2. The van der Waals surface area contributed by atoms with Crippen LogP contribution in [0.1, 0.15) is 24.1 Å². The molecule has 3 heterocycles. The lowest BCUT2D eigenvalue weighted by molar-refractivity contribution is -0.140. The van der Waals surface area contributed by atoms with Gasteiger partial charge >= 0.3 is 6.18 Å². The molecule has 3 aliphatic rings. The number of aliphatic imine (C=N–C) groups is 1. The monoisotopic (exact) mass is 473 g/mol. The molecule has 0 aromatic heterocycles. The van der Waals surface area contributed by atoms with Gasteiger partial charge in [0.25, 0.3) is 5.91 Å². The van der Waals surface area contributed by atoms with E-state index >= 15 is 0 Å². The van der Waals surface area contributed by atoms with Gasteiger partial charge in [0.15, 0.2) is 0 Å². The first-order chi connectivity index (χ1) is 13.7. The van der Waals surface area contributed by atoms with Crippen LogP contribution >= 0.6 is 15.9 Å². The molecule has 1 saturated heterocycles. The van der Waals surface area contributed by atoms with E-state index in [1.54, 1.807) is 6.08 Å². The van der Waals surface area contributed by atoms with Crippen molar-refractivity contribution >= 4 is 27.7 Å². The number of benzene rings is 1. The van der Waals surface area contributed by atoms with E-state index in [-0.39, 0.29) is 23.2 Å². The number of hydrogen-bond acceptors (Lipinski definition) is 4. The summed E-state index contributed by atoms with van der Waals surface area (Å²) in [5.74, 6) is -1.47. The molecule has 0 saturated carbocycles. The highest BCUT2D eigenvalue weighted by Gasteiger charge is 2.43. The van der Waals surface area contributed by atoms with E-state index in [2.05, 4.69) is 26.2 Å². The van der Waals surface area contributed by atoms with Crippen LogP contribution in [0.2, 0.25) is 0 Å². The number of carbonyl (C=O) groups excluding carboxylic acids is 1. The summed E-state index contributed by atoms with van der Waals surface area (Å²) in [6, 6.07) is 1.94. The summed E-state index contributed by atoms with van der Waals surface area (Å²) < 4.78 is 59.4. The molecule has 1 N–H and O–H groups in total. The third kappa shape index (κ3) is 3.59. The smallest absolute Gasteiger partial charge is 0.377 e. The van der Waals surface area contributed by atoms with Gasteiger partial charge in [-0.1, -0.05) is 12.1 Å². The Labute approximate surface area is 172 Å². The molecule has 4 rings (SSSR count). The van der Waals surface area contributed by atoms with Crippen LogP contribution in [-0.2, 0) is 15.7 Å². The number of nitrogens with one attached hydrogen (secondary N) is 1. The van der Waals surface area contributed by atoms with Crippen LogP contribution in [0.25, 0.3) is 0 Å². The quantitative estimate of drug-likeness (QED) is 0.681. The van der Waals surface area contributed by atoms with Crippen molar-refractivity contribution in [2.45, 2.75) is 31.2 Å². The molecule has 1 aromatic rings. The first kappa shape index (κ1) is 20.1. The SMILES string of the molecule is C[C@@H](NC(=O)C1=CC(Br)=CN2C1=N[C@@H]1COC[C@@H]12)c1cccc(C(F)(F)F)c1F. The van der Waals surface area contributed by atoms with Crippen molar-refractivity contribution in [2.24, 2.45) is 4.99 Å².